The van der Waals surface area contributed by atoms with Gasteiger partial charge in [0.25, 0.3) is 0 Å². The first-order valence-corrected chi connectivity index (χ1v) is 6.35. The normalized spacial score (nSPS) is 36.5. The van der Waals surface area contributed by atoms with Crippen LogP contribution in [0.15, 0.2) is 41.7 Å². The monoisotopic (exact) mass is 229 g/mol. The molecule has 3 nitrogen and oxygen atoms in total. The summed E-state index contributed by atoms with van der Waals surface area (Å²) in [7, 11) is 0. The van der Waals surface area contributed by atoms with Crippen LogP contribution in [-0.4, -0.2) is 22.4 Å². The van der Waals surface area contributed by atoms with E-state index in [9.17, 15) is 0 Å². The van der Waals surface area contributed by atoms with Crippen LogP contribution >= 0.6 is 0 Å². The quantitative estimate of drug-likeness (QED) is 0.737. The van der Waals surface area contributed by atoms with Crippen LogP contribution in [0.2, 0.25) is 0 Å². The number of aliphatic imine (C=N–C) groups is 1. The van der Waals surface area contributed by atoms with E-state index in [1.807, 2.05) is 0 Å². The summed E-state index contributed by atoms with van der Waals surface area (Å²) in [4.78, 5) is 4.77. The van der Waals surface area contributed by atoms with Gasteiger partial charge in [0, 0.05) is 30.1 Å². The van der Waals surface area contributed by atoms with Gasteiger partial charge in [-0.3, -0.25) is 4.99 Å². The zero-order valence-corrected chi connectivity index (χ0v) is 10.2. The fourth-order valence-corrected chi connectivity index (χ4v) is 3.07. The molecule has 0 saturated heterocycles. The lowest BCUT2D eigenvalue weighted by atomic mass is 9.77. The highest BCUT2D eigenvalue weighted by molar-refractivity contribution is 5.82. The summed E-state index contributed by atoms with van der Waals surface area (Å²) in [6.45, 7) is 2.12. The Kier molecular flexibility index (Phi) is 2.63. The Morgan fingerprint density at radius 2 is 2.06 bits per heavy atom. The minimum absolute atomic E-state index is 0.0852. The molecule has 0 aromatic carbocycles. The molecule has 2 N–H and O–H groups in total. The van der Waals surface area contributed by atoms with E-state index in [4.69, 9.17) is 10.7 Å². The molecule has 4 unspecified atom stereocenters. The van der Waals surface area contributed by atoms with Gasteiger partial charge in [0.15, 0.2) is 0 Å². The van der Waals surface area contributed by atoms with Crippen molar-refractivity contribution in [3.05, 3.63) is 36.7 Å². The molecule has 0 radical (unpaired) electrons. The molecular formula is C14H19N3. The molecular weight excluding hydrogens is 210 g/mol. The number of rotatable bonds is 1. The van der Waals surface area contributed by atoms with Crippen LogP contribution in [0, 0.1) is 5.92 Å². The Morgan fingerprint density at radius 3 is 2.82 bits per heavy atom. The summed E-state index contributed by atoms with van der Waals surface area (Å²) in [5, 5.41) is 0. The standard InChI is InChI=1S/C14H19N3/c1-10-4-5-11-13(17-8-2-3-9-17)7-6-12(15)14(11)16-10/h2-3,6-9,11-14H,4-5,15H2,1H3. The molecule has 2 heterocycles. The predicted molar refractivity (Wildman–Crippen MR) is 70.2 cm³/mol. The third-order valence-electron chi connectivity index (χ3n) is 3.98. The lowest BCUT2D eigenvalue weighted by Gasteiger charge is -2.39. The van der Waals surface area contributed by atoms with Gasteiger partial charge in [0.05, 0.1) is 12.1 Å². The van der Waals surface area contributed by atoms with Crippen LogP contribution in [0.5, 0.6) is 0 Å². The van der Waals surface area contributed by atoms with Gasteiger partial charge in [-0.15, -0.1) is 0 Å². The number of fused-ring (bicyclic) bond motifs is 1. The summed E-state index contributed by atoms with van der Waals surface area (Å²) in [6.07, 6.45) is 10.9. The van der Waals surface area contributed by atoms with Gasteiger partial charge < -0.3 is 10.3 Å². The number of hydrogen-bond donors (Lipinski definition) is 1. The maximum Gasteiger partial charge on any atom is 0.0736 e. The number of nitrogens with zero attached hydrogens (tertiary/aromatic N) is 2. The van der Waals surface area contributed by atoms with E-state index in [1.54, 1.807) is 0 Å². The van der Waals surface area contributed by atoms with Crippen molar-refractivity contribution in [3.63, 3.8) is 0 Å². The zero-order valence-electron chi connectivity index (χ0n) is 10.2. The average Bonchev–Trinajstić information content (AvgIpc) is 2.84. The second-order valence-corrected chi connectivity index (χ2v) is 5.14. The molecule has 0 spiro atoms. The number of hydrogen-bond acceptors (Lipinski definition) is 2. The highest BCUT2D eigenvalue weighted by atomic mass is 15.0. The smallest absolute Gasteiger partial charge is 0.0736 e. The van der Waals surface area contributed by atoms with E-state index in [0.29, 0.717) is 12.0 Å². The third-order valence-corrected chi connectivity index (χ3v) is 3.98. The Balaban J connectivity index is 1.95. The molecule has 0 fully saturated rings. The largest absolute Gasteiger partial charge is 0.347 e. The molecule has 1 aliphatic carbocycles. The molecule has 1 aliphatic heterocycles. The highest BCUT2D eigenvalue weighted by Gasteiger charge is 2.37. The summed E-state index contributed by atoms with van der Waals surface area (Å²) >= 11 is 0. The van der Waals surface area contributed by atoms with E-state index in [1.165, 1.54) is 12.1 Å². The van der Waals surface area contributed by atoms with Crippen LogP contribution in [-0.2, 0) is 0 Å². The topological polar surface area (TPSA) is 43.3 Å². The Bertz CT molecular complexity index is 444. The lowest BCUT2D eigenvalue weighted by Crippen LogP contribution is -2.45. The van der Waals surface area contributed by atoms with Gasteiger partial charge in [0.2, 0.25) is 0 Å². The van der Waals surface area contributed by atoms with E-state index in [-0.39, 0.29) is 12.1 Å². The summed E-state index contributed by atoms with van der Waals surface area (Å²) in [6, 6.07) is 4.93. The molecule has 1 aromatic heterocycles. The van der Waals surface area contributed by atoms with Gasteiger partial charge in [-0.05, 0) is 31.9 Å². The van der Waals surface area contributed by atoms with Crippen LogP contribution in [0.1, 0.15) is 25.8 Å². The van der Waals surface area contributed by atoms with Crippen molar-refractivity contribution in [1.29, 1.82) is 0 Å². The van der Waals surface area contributed by atoms with Crippen molar-refractivity contribution in [1.82, 2.24) is 4.57 Å². The summed E-state index contributed by atoms with van der Waals surface area (Å²) in [5.74, 6) is 0.547. The van der Waals surface area contributed by atoms with Crippen molar-refractivity contribution < 1.29 is 0 Å². The molecule has 4 atom stereocenters. The molecule has 3 rings (SSSR count). The molecule has 90 valence electrons. The second kappa shape index (κ2) is 4.15. The Labute approximate surface area is 102 Å². The third kappa shape index (κ3) is 1.84. The first-order chi connectivity index (χ1) is 8.25. The number of aromatic nitrogens is 1. The SMILES string of the molecule is CC1=NC2C(N)C=CC(n3cccc3)C2CC1. The summed E-state index contributed by atoms with van der Waals surface area (Å²) < 4.78 is 2.27. The van der Waals surface area contributed by atoms with Crippen molar-refractivity contribution >= 4 is 5.71 Å². The summed E-state index contributed by atoms with van der Waals surface area (Å²) in [5.41, 5.74) is 7.42. The van der Waals surface area contributed by atoms with Crippen LogP contribution in [0.3, 0.4) is 0 Å². The first-order valence-electron chi connectivity index (χ1n) is 6.35. The highest BCUT2D eigenvalue weighted by Crippen LogP contribution is 2.36. The Hall–Kier alpha value is -1.35. The molecule has 3 heteroatoms. The minimum atomic E-state index is 0.0852. The van der Waals surface area contributed by atoms with Crippen molar-refractivity contribution in [2.24, 2.45) is 16.6 Å². The van der Waals surface area contributed by atoms with Crippen LogP contribution < -0.4 is 5.73 Å². The van der Waals surface area contributed by atoms with Crippen molar-refractivity contribution in [2.75, 3.05) is 0 Å². The second-order valence-electron chi connectivity index (χ2n) is 5.14. The lowest BCUT2D eigenvalue weighted by molar-refractivity contribution is 0.270. The van der Waals surface area contributed by atoms with Crippen molar-refractivity contribution in [2.45, 2.75) is 37.9 Å². The van der Waals surface area contributed by atoms with Crippen molar-refractivity contribution in [3.8, 4) is 0 Å². The van der Waals surface area contributed by atoms with E-state index < -0.39 is 0 Å². The predicted octanol–water partition coefficient (Wildman–Crippen LogP) is 2.17. The van der Waals surface area contributed by atoms with E-state index in [2.05, 4.69) is 48.2 Å². The molecule has 0 bridgehead atoms. The number of nitrogens with two attached hydrogens (primary N) is 1. The van der Waals surface area contributed by atoms with Crippen LogP contribution in [0.25, 0.3) is 0 Å². The number of allylic oxidation sites excluding steroid dienone is 1. The van der Waals surface area contributed by atoms with Gasteiger partial charge in [-0.2, -0.15) is 0 Å². The van der Waals surface area contributed by atoms with Gasteiger partial charge in [-0.25, -0.2) is 0 Å². The molecule has 0 saturated carbocycles. The van der Waals surface area contributed by atoms with Crippen LogP contribution in [0.4, 0.5) is 0 Å². The molecule has 2 aliphatic rings. The fraction of sp³-hybridized carbons (Fsp3) is 0.500. The van der Waals surface area contributed by atoms with E-state index in [0.717, 1.165) is 6.42 Å². The fourth-order valence-electron chi connectivity index (χ4n) is 3.07. The molecule has 17 heavy (non-hydrogen) atoms. The molecule has 0 amide bonds. The van der Waals surface area contributed by atoms with Gasteiger partial charge in [0.1, 0.15) is 0 Å². The minimum Gasteiger partial charge on any atom is -0.347 e. The van der Waals surface area contributed by atoms with Gasteiger partial charge in [-0.1, -0.05) is 12.2 Å². The van der Waals surface area contributed by atoms with Gasteiger partial charge >= 0.3 is 0 Å². The Morgan fingerprint density at radius 1 is 1.29 bits per heavy atom. The van der Waals surface area contributed by atoms with E-state index >= 15 is 0 Å². The molecule has 1 aromatic rings. The maximum atomic E-state index is 6.16. The maximum absolute atomic E-state index is 6.16. The first kappa shape index (κ1) is 10.8. The zero-order chi connectivity index (χ0) is 11.8. The average molecular weight is 229 g/mol.